The number of aryl methyl sites for hydroxylation is 2. The fourth-order valence-corrected chi connectivity index (χ4v) is 4.94. The Bertz CT molecular complexity index is 1070. The SMILES string of the molecule is Cc1ccc(CCC(=O)NCCOC(=O)C2CCN(S(=O)(=O)/C=C/c3ccccc3)CC2)cc1. The Kier molecular flexibility index (Phi) is 9.42. The quantitative estimate of drug-likeness (QED) is 0.413. The number of carbonyl (C=O) groups excluding carboxylic acids is 2. The first-order valence-electron chi connectivity index (χ1n) is 11.6. The number of hydrogen-bond acceptors (Lipinski definition) is 5. The molecular weight excluding hydrogens is 452 g/mol. The Labute approximate surface area is 201 Å². The van der Waals surface area contributed by atoms with Crippen LogP contribution in [0, 0.1) is 12.8 Å². The summed E-state index contributed by atoms with van der Waals surface area (Å²) in [5.41, 5.74) is 3.10. The summed E-state index contributed by atoms with van der Waals surface area (Å²) >= 11 is 0. The van der Waals surface area contributed by atoms with Crippen molar-refractivity contribution in [3.63, 3.8) is 0 Å². The fraction of sp³-hybridized carbons (Fsp3) is 0.385. The van der Waals surface area contributed by atoms with Crippen LogP contribution in [0.2, 0.25) is 0 Å². The fourth-order valence-electron chi connectivity index (χ4n) is 3.72. The van der Waals surface area contributed by atoms with Gasteiger partial charge in [0, 0.05) is 24.9 Å². The van der Waals surface area contributed by atoms with Crippen LogP contribution in [0.15, 0.2) is 60.0 Å². The van der Waals surface area contributed by atoms with Crippen LogP contribution in [0.25, 0.3) is 6.08 Å². The highest BCUT2D eigenvalue weighted by molar-refractivity contribution is 7.92. The number of rotatable bonds is 10. The standard InChI is InChI=1S/C26H32N2O5S/c1-21-7-9-23(10-8-21)11-12-25(29)27-16-19-33-26(30)24-13-17-28(18-14-24)34(31,32)20-15-22-5-3-2-4-6-22/h2-10,15,20,24H,11-14,16-19H2,1H3,(H,27,29)/b20-15+. The molecule has 1 N–H and O–H groups in total. The van der Waals surface area contributed by atoms with Gasteiger partial charge in [0.2, 0.25) is 15.9 Å². The zero-order chi connectivity index (χ0) is 24.4. The molecule has 8 heteroatoms. The summed E-state index contributed by atoms with van der Waals surface area (Å²) in [5, 5.41) is 3.98. The largest absolute Gasteiger partial charge is 0.464 e. The van der Waals surface area contributed by atoms with Gasteiger partial charge < -0.3 is 10.1 Å². The maximum Gasteiger partial charge on any atom is 0.309 e. The first-order chi connectivity index (χ1) is 16.3. The van der Waals surface area contributed by atoms with Crippen LogP contribution >= 0.6 is 0 Å². The van der Waals surface area contributed by atoms with Crippen LogP contribution in [-0.4, -0.2) is 50.8 Å². The summed E-state index contributed by atoms with van der Waals surface area (Å²) in [6.07, 6.45) is 3.45. The Hall–Kier alpha value is -2.97. The second kappa shape index (κ2) is 12.5. The van der Waals surface area contributed by atoms with Gasteiger partial charge >= 0.3 is 5.97 Å². The number of piperidine rings is 1. The number of hydrogen-bond donors (Lipinski definition) is 1. The third-order valence-corrected chi connectivity index (χ3v) is 7.37. The zero-order valence-corrected chi connectivity index (χ0v) is 20.3. The number of nitrogens with one attached hydrogen (secondary N) is 1. The van der Waals surface area contributed by atoms with Gasteiger partial charge in [0.15, 0.2) is 0 Å². The number of carbonyl (C=O) groups is 2. The topological polar surface area (TPSA) is 92.8 Å². The van der Waals surface area contributed by atoms with Gasteiger partial charge in [-0.1, -0.05) is 60.2 Å². The Morgan fingerprint density at radius 2 is 1.74 bits per heavy atom. The molecule has 0 atom stereocenters. The van der Waals surface area contributed by atoms with Crippen molar-refractivity contribution in [1.29, 1.82) is 0 Å². The van der Waals surface area contributed by atoms with E-state index in [4.69, 9.17) is 4.74 Å². The molecule has 0 saturated carbocycles. The highest BCUT2D eigenvalue weighted by Crippen LogP contribution is 2.22. The second-order valence-electron chi connectivity index (χ2n) is 8.43. The highest BCUT2D eigenvalue weighted by Gasteiger charge is 2.30. The lowest BCUT2D eigenvalue weighted by atomic mass is 9.98. The van der Waals surface area contributed by atoms with Gasteiger partial charge in [0.05, 0.1) is 12.5 Å². The van der Waals surface area contributed by atoms with E-state index >= 15 is 0 Å². The summed E-state index contributed by atoms with van der Waals surface area (Å²) < 4.78 is 31.8. The molecule has 1 saturated heterocycles. The zero-order valence-electron chi connectivity index (χ0n) is 19.5. The molecule has 0 spiro atoms. The molecule has 2 aromatic rings. The van der Waals surface area contributed by atoms with Crippen molar-refractivity contribution in [3.8, 4) is 0 Å². The molecule has 1 aliphatic rings. The van der Waals surface area contributed by atoms with Crippen LogP contribution in [0.3, 0.4) is 0 Å². The van der Waals surface area contributed by atoms with Crippen molar-refractivity contribution < 1.29 is 22.7 Å². The maximum atomic E-state index is 12.6. The van der Waals surface area contributed by atoms with E-state index in [2.05, 4.69) is 5.32 Å². The van der Waals surface area contributed by atoms with Gasteiger partial charge in [-0.3, -0.25) is 9.59 Å². The molecule has 2 aromatic carbocycles. The van der Waals surface area contributed by atoms with Gasteiger partial charge in [0.25, 0.3) is 0 Å². The first kappa shape index (κ1) is 25.6. The van der Waals surface area contributed by atoms with Crippen molar-refractivity contribution >= 4 is 28.0 Å². The third kappa shape index (κ3) is 8.11. The predicted molar refractivity (Wildman–Crippen MR) is 132 cm³/mol. The molecule has 1 aliphatic heterocycles. The normalized spacial score (nSPS) is 15.3. The van der Waals surface area contributed by atoms with Crippen molar-refractivity contribution in [2.45, 2.75) is 32.6 Å². The Morgan fingerprint density at radius 3 is 2.41 bits per heavy atom. The number of nitrogens with zero attached hydrogens (tertiary/aromatic N) is 1. The number of benzene rings is 2. The molecule has 1 heterocycles. The number of amides is 1. The maximum absolute atomic E-state index is 12.6. The van der Waals surface area contributed by atoms with E-state index in [-0.39, 0.29) is 44.0 Å². The lowest BCUT2D eigenvalue weighted by molar-refractivity contribution is -0.150. The van der Waals surface area contributed by atoms with Gasteiger partial charge in [-0.2, -0.15) is 4.31 Å². The smallest absolute Gasteiger partial charge is 0.309 e. The Balaban J connectivity index is 1.32. The van der Waals surface area contributed by atoms with Crippen molar-refractivity contribution in [1.82, 2.24) is 9.62 Å². The van der Waals surface area contributed by atoms with E-state index in [9.17, 15) is 18.0 Å². The molecule has 0 radical (unpaired) electrons. The minimum Gasteiger partial charge on any atom is -0.464 e. The van der Waals surface area contributed by atoms with E-state index in [0.717, 1.165) is 11.1 Å². The number of ether oxygens (including phenoxy) is 1. The van der Waals surface area contributed by atoms with Crippen LogP contribution in [0.1, 0.15) is 36.0 Å². The first-order valence-corrected chi connectivity index (χ1v) is 13.1. The number of sulfonamides is 1. The second-order valence-corrected chi connectivity index (χ2v) is 10.3. The monoisotopic (exact) mass is 484 g/mol. The molecule has 1 amide bonds. The van der Waals surface area contributed by atoms with Crippen molar-refractivity contribution in [2.75, 3.05) is 26.2 Å². The van der Waals surface area contributed by atoms with E-state index < -0.39 is 10.0 Å². The van der Waals surface area contributed by atoms with E-state index in [0.29, 0.717) is 25.7 Å². The van der Waals surface area contributed by atoms with Gasteiger partial charge in [-0.05, 0) is 43.4 Å². The molecule has 3 rings (SSSR count). The molecule has 0 bridgehead atoms. The van der Waals surface area contributed by atoms with Gasteiger partial charge in [-0.15, -0.1) is 0 Å². The molecule has 0 aliphatic carbocycles. The highest BCUT2D eigenvalue weighted by atomic mass is 32.2. The Morgan fingerprint density at radius 1 is 1.06 bits per heavy atom. The summed E-state index contributed by atoms with van der Waals surface area (Å²) in [5.74, 6) is -0.758. The molecule has 34 heavy (non-hydrogen) atoms. The van der Waals surface area contributed by atoms with Crippen LogP contribution in [-0.2, 0) is 30.8 Å². The van der Waals surface area contributed by atoms with Gasteiger partial charge in [0.1, 0.15) is 6.61 Å². The summed E-state index contributed by atoms with van der Waals surface area (Å²) in [7, 11) is -3.54. The average molecular weight is 485 g/mol. The minimum absolute atomic E-state index is 0.0845. The number of esters is 1. The molecule has 0 unspecified atom stereocenters. The third-order valence-electron chi connectivity index (χ3n) is 5.81. The summed E-state index contributed by atoms with van der Waals surface area (Å²) in [6, 6.07) is 17.3. The molecule has 7 nitrogen and oxygen atoms in total. The van der Waals surface area contributed by atoms with Crippen molar-refractivity contribution in [3.05, 3.63) is 76.7 Å². The van der Waals surface area contributed by atoms with E-state index in [1.54, 1.807) is 6.08 Å². The molecule has 1 fully saturated rings. The van der Waals surface area contributed by atoms with Crippen molar-refractivity contribution in [2.24, 2.45) is 5.92 Å². The summed E-state index contributed by atoms with van der Waals surface area (Å²) in [4.78, 5) is 24.3. The van der Waals surface area contributed by atoms with Gasteiger partial charge in [-0.25, -0.2) is 8.42 Å². The van der Waals surface area contributed by atoms with E-state index in [1.165, 1.54) is 15.3 Å². The lowest BCUT2D eigenvalue weighted by Crippen LogP contribution is -2.40. The molecular formula is C26H32N2O5S. The van der Waals surface area contributed by atoms with Crippen LogP contribution in [0.5, 0.6) is 0 Å². The predicted octanol–water partition coefficient (Wildman–Crippen LogP) is 3.30. The van der Waals surface area contributed by atoms with Crippen LogP contribution < -0.4 is 5.32 Å². The molecule has 182 valence electrons. The average Bonchev–Trinajstić information content (AvgIpc) is 2.85. The lowest BCUT2D eigenvalue weighted by Gasteiger charge is -2.29. The van der Waals surface area contributed by atoms with Crippen LogP contribution in [0.4, 0.5) is 0 Å². The summed E-state index contributed by atoms with van der Waals surface area (Å²) in [6.45, 7) is 2.94. The van der Waals surface area contributed by atoms with E-state index in [1.807, 2.05) is 61.5 Å². The minimum atomic E-state index is -3.54. The molecule has 0 aromatic heterocycles.